The molecule has 0 saturated heterocycles. The smallest absolute Gasteiger partial charge is 0.328 e. The van der Waals surface area contributed by atoms with Crippen LogP contribution < -0.4 is 5.32 Å². The van der Waals surface area contributed by atoms with Crippen LogP contribution in [0.5, 0.6) is 0 Å². The fraction of sp³-hybridized carbons (Fsp3) is 0.176. The third-order valence-electron chi connectivity index (χ3n) is 3.50. The monoisotopic (exact) mass is 346 g/mol. The van der Waals surface area contributed by atoms with E-state index in [4.69, 9.17) is 0 Å². The Morgan fingerprint density at radius 3 is 2.40 bits per heavy atom. The molecule has 0 aliphatic heterocycles. The van der Waals surface area contributed by atoms with Gasteiger partial charge in [0.2, 0.25) is 0 Å². The summed E-state index contributed by atoms with van der Waals surface area (Å²) in [6.07, 6.45) is 0.0465. The summed E-state index contributed by atoms with van der Waals surface area (Å²) in [4.78, 5) is 34.2. The molecule has 25 heavy (non-hydrogen) atoms. The van der Waals surface area contributed by atoms with Gasteiger partial charge in [0.05, 0.1) is 17.6 Å². The van der Waals surface area contributed by atoms with Crippen LogP contribution in [0, 0.1) is 15.9 Å². The van der Waals surface area contributed by atoms with Crippen LogP contribution in [0.4, 0.5) is 10.1 Å². The van der Waals surface area contributed by atoms with Crippen molar-refractivity contribution in [1.29, 1.82) is 0 Å². The number of benzene rings is 2. The summed E-state index contributed by atoms with van der Waals surface area (Å²) in [5, 5.41) is 13.1. The molecule has 2 aromatic carbocycles. The third kappa shape index (κ3) is 4.60. The Balaban J connectivity index is 2.16. The van der Waals surface area contributed by atoms with Gasteiger partial charge in [-0.2, -0.15) is 0 Å². The van der Waals surface area contributed by atoms with E-state index in [2.05, 4.69) is 10.1 Å². The number of hydrogen-bond donors (Lipinski definition) is 1. The average Bonchev–Trinajstić information content (AvgIpc) is 2.61. The highest BCUT2D eigenvalue weighted by atomic mass is 19.1. The van der Waals surface area contributed by atoms with Gasteiger partial charge in [0.25, 0.3) is 11.6 Å². The Morgan fingerprint density at radius 1 is 1.20 bits per heavy atom. The maximum atomic E-state index is 13.7. The molecule has 2 aromatic rings. The normalized spacial score (nSPS) is 11.4. The molecule has 0 aromatic heterocycles. The third-order valence-corrected chi connectivity index (χ3v) is 3.50. The second kappa shape index (κ2) is 8.00. The average molecular weight is 346 g/mol. The van der Waals surface area contributed by atoms with Gasteiger partial charge in [-0.25, -0.2) is 9.18 Å². The number of rotatable bonds is 6. The van der Waals surface area contributed by atoms with Crippen LogP contribution in [0.2, 0.25) is 0 Å². The van der Waals surface area contributed by atoms with Crippen molar-refractivity contribution >= 4 is 17.6 Å². The SMILES string of the molecule is COC(=O)[C@H](Cc1ccc([N+](=O)[O-])cc1)NC(=O)c1ccccc1F. The van der Waals surface area contributed by atoms with E-state index in [0.29, 0.717) is 5.56 Å². The topological polar surface area (TPSA) is 98.5 Å². The number of hydrogen-bond acceptors (Lipinski definition) is 5. The molecule has 0 fully saturated rings. The Hall–Kier alpha value is -3.29. The molecule has 0 heterocycles. The maximum absolute atomic E-state index is 13.7. The van der Waals surface area contributed by atoms with Crippen LogP contribution in [0.1, 0.15) is 15.9 Å². The molecule has 130 valence electrons. The maximum Gasteiger partial charge on any atom is 0.328 e. The molecule has 0 saturated carbocycles. The van der Waals surface area contributed by atoms with Gasteiger partial charge in [-0.05, 0) is 17.7 Å². The van der Waals surface area contributed by atoms with E-state index >= 15 is 0 Å². The highest BCUT2D eigenvalue weighted by molar-refractivity contribution is 5.97. The summed E-state index contributed by atoms with van der Waals surface area (Å²) in [6.45, 7) is 0. The second-order valence-corrected chi connectivity index (χ2v) is 5.16. The number of nitro benzene ring substituents is 1. The number of carbonyl (C=O) groups excluding carboxylic acids is 2. The summed E-state index contributed by atoms with van der Waals surface area (Å²) in [6, 6.07) is 9.86. The minimum Gasteiger partial charge on any atom is -0.467 e. The van der Waals surface area contributed by atoms with Crippen LogP contribution >= 0.6 is 0 Å². The zero-order valence-electron chi connectivity index (χ0n) is 13.3. The van der Waals surface area contributed by atoms with Crippen molar-refractivity contribution in [3.8, 4) is 0 Å². The molecule has 0 spiro atoms. The van der Waals surface area contributed by atoms with Gasteiger partial charge >= 0.3 is 5.97 Å². The zero-order valence-corrected chi connectivity index (χ0v) is 13.3. The van der Waals surface area contributed by atoms with E-state index in [0.717, 1.165) is 6.07 Å². The summed E-state index contributed by atoms with van der Waals surface area (Å²) in [5.41, 5.74) is 0.295. The molecule has 1 N–H and O–H groups in total. The van der Waals surface area contributed by atoms with Gasteiger partial charge in [-0.1, -0.05) is 24.3 Å². The van der Waals surface area contributed by atoms with Gasteiger partial charge in [-0.15, -0.1) is 0 Å². The van der Waals surface area contributed by atoms with Gasteiger partial charge < -0.3 is 10.1 Å². The van der Waals surface area contributed by atoms with Crippen molar-refractivity contribution < 1.29 is 23.6 Å². The Labute approximate surface area is 142 Å². The number of amides is 1. The Morgan fingerprint density at radius 2 is 1.84 bits per heavy atom. The van der Waals surface area contributed by atoms with E-state index in [1.54, 1.807) is 0 Å². The van der Waals surface area contributed by atoms with Crippen LogP contribution in [-0.2, 0) is 16.0 Å². The lowest BCUT2D eigenvalue weighted by molar-refractivity contribution is -0.384. The number of nitrogens with zero attached hydrogens (tertiary/aromatic N) is 1. The van der Waals surface area contributed by atoms with Gasteiger partial charge in [0.15, 0.2) is 0 Å². The van der Waals surface area contributed by atoms with E-state index in [1.165, 1.54) is 49.6 Å². The fourth-order valence-electron chi connectivity index (χ4n) is 2.21. The zero-order chi connectivity index (χ0) is 18.4. The first-order valence-corrected chi connectivity index (χ1v) is 7.29. The number of nitro groups is 1. The van der Waals surface area contributed by atoms with Crippen molar-refractivity contribution in [3.05, 3.63) is 75.6 Å². The fourth-order valence-corrected chi connectivity index (χ4v) is 2.21. The molecule has 1 amide bonds. The molecule has 0 radical (unpaired) electrons. The number of non-ortho nitro benzene ring substituents is 1. The number of esters is 1. The predicted molar refractivity (Wildman–Crippen MR) is 86.5 cm³/mol. The van der Waals surface area contributed by atoms with Crippen molar-refractivity contribution in [2.24, 2.45) is 0 Å². The standard InChI is InChI=1S/C17H15FN2O5/c1-25-17(22)15(10-11-6-8-12(9-7-11)20(23)24)19-16(21)13-4-2-3-5-14(13)18/h2-9,15H,10H2,1H3,(H,19,21)/t15-/m0/s1. The molecule has 0 unspecified atom stereocenters. The number of halogens is 1. The molecule has 0 bridgehead atoms. The molecular formula is C17H15FN2O5. The Kier molecular flexibility index (Phi) is 5.78. The highest BCUT2D eigenvalue weighted by Gasteiger charge is 2.24. The minimum atomic E-state index is -1.06. The van der Waals surface area contributed by atoms with Crippen LogP contribution in [-0.4, -0.2) is 30.0 Å². The largest absolute Gasteiger partial charge is 0.467 e. The first kappa shape index (κ1) is 18.1. The summed E-state index contributed by atoms with van der Waals surface area (Å²) < 4.78 is 18.3. The van der Waals surface area contributed by atoms with E-state index in [9.17, 15) is 24.1 Å². The number of carbonyl (C=O) groups is 2. The lowest BCUT2D eigenvalue weighted by Gasteiger charge is -2.17. The van der Waals surface area contributed by atoms with Crippen molar-refractivity contribution in [3.63, 3.8) is 0 Å². The van der Waals surface area contributed by atoms with Crippen LogP contribution in [0.15, 0.2) is 48.5 Å². The first-order chi connectivity index (χ1) is 11.9. The molecule has 7 nitrogen and oxygen atoms in total. The molecule has 8 heteroatoms. The lowest BCUT2D eigenvalue weighted by Crippen LogP contribution is -2.43. The van der Waals surface area contributed by atoms with E-state index < -0.39 is 28.7 Å². The van der Waals surface area contributed by atoms with Gasteiger partial charge in [-0.3, -0.25) is 14.9 Å². The van der Waals surface area contributed by atoms with Crippen molar-refractivity contribution in [1.82, 2.24) is 5.32 Å². The van der Waals surface area contributed by atoms with Crippen molar-refractivity contribution in [2.45, 2.75) is 12.5 Å². The molecule has 0 aliphatic rings. The molecule has 2 rings (SSSR count). The van der Waals surface area contributed by atoms with E-state index in [1.807, 2.05) is 0 Å². The number of methoxy groups -OCH3 is 1. The van der Waals surface area contributed by atoms with Crippen LogP contribution in [0.25, 0.3) is 0 Å². The molecule has 0 aliphatic carbocycles. The highest BCUT2D eigenvalue weighted by Crippen LogP contribution is 2.14. The quantitative estimate of drug-likeness (QED) is 0.491. The predicted octanol–water partition coefficient (Wildman–Crippen LogP) is 2.25. The minimum absolute atomic E-state index is 0.0465. The second-order valence-electron chi connectivity index (χ2n) is 5.16. The van der Waals surface area contributed by atoms with Gasteiger partial charge in [0.1, 0.15) is 11.9 Å². The number of nitrogens with one attached hydrogen (secondary N) is 1. The Bertz CT molecular complexity index is 792. The summed E-state index contributed by atoms with van der Waals surface area (Å²) in [7, 11) is 1.17. The molecular weight excluding hydrogens is 331 g/mol. The van der Waals surface area contributed by atoms with E-state index in [-0.39, 0.29) is 17.7 Å². The summed E-state index contributed by atoms with van der Waals surface area (Å²) >= 11 is 0. The van der Waals surface area contributed by atoms with Crippen LogP contribution in [0.3, 0.4) is 0 Å². The first-order valence-electron chi connectivity index (χ1n) is 7.29. The van der Waals surface area contributed by atoms with Gasteiger partial charge in [0, 0.05) is 18.6 Å². The van der Waals surface area contributed by atoms with Crippen molar-refractivity contribution in [2.75, 3.05) is 7.11 Å². The lowest BCUT2D eigenvalue weighted by atomic mass is 10.0. The molecule has 1 atom stereocenters. The number of ether oxygens (including phenoxy) is 1. The summed E-state index contributed by atoms with van der Waals surface area (Å²) in [5.74, 6) is -2.17.